The van der Waals surface area contributed by atoms with Crippen LogP contribution in [0.3, 0.4) is 0 Å². The topological polar surface area (TPSA) is 44.0 Å². The first-order valence-electron chi connectivity index (χ1n) is 5.74. The number of imidazole rings is 1. The van der Waals surface area contributed by atoms with E-state index in [-0.39, 0.29) is 6.04 Å². The molecule has 0 radical (unpaired) electrons. The van der Waals surface area contributed by atoms with Crippen LogP contribution in [0.5, 0.6) is 0 Å². The van der Waals surface area contributed by atoms with Crippen LogP contribution in [-0.2, 0) is 0 Å². The highest BCUT2D eigenvalue weighted by Gasteiger charge is 2.22. The van der Waals surface area contributed by atoms with Gasteiger partial charge in [0.15, 0.2) is 5.15 Å². The largest absolute Gasteiger partial charge is 0.343 e. The predicted octanol–water partition coefficient (Wildman–Crippen LogP) is 1.97. The molecule has 1 rings (SSSR count). The summed E-state index contributed by atoms with van der Waals surface area (Å²) in [5.74, 6) is 0.869. The zero-order valence-electron chi connectivity index (χ0n) is 10.5. The van der Waals surface area contributed by atoms with Gasteiger partial charge >= 0.3 is 0 Å². The lowest BCUT2D eigenvalue weighted by atomic mass is 10.2. The monoisotopic (exact) mass is 244 g/mol. The normalized spacial score (nSPS) is 13.4. The maximum Gasteiger partial charge on any atom is 0.152 e. The highest BCUT2D eigenvalue weighted by Crippen LogP contribution is 2.24. The van der Waals surface area contributed by atoms with Gasteiger partial charge in [-0.2, -0.15) is 0 Å². The lowest BCUT2D eigenvalue weighted by Crippen LogP contribution is -2.35. The van der Waals surface area contributed by atoms with Gasteiger partial charge in [-0.1, -0.05) is 25.4 Å². The van der Waals surface area contributed by atoms with Crippen molar-refractivity contribution in [2.45, 2.75) is 26.8 Å². The molecule has 2 N–H and O–H groups in total. The number of aryl methyl sites for hydroxylation is 1. The summed E-state index contributed by atoms with van der Waals surface area (Å²) in [6.07, 6.45) is 0. The average Bonchev–Trinajstić information content (AvgIpc) is 2.58. The van der Waals surface area contributed by atoms with Crippen LogP contribution < -0.4 is 5.32 Å². The van der Waals surface area contributed by atoms with Gasteiger partial charge in [-0.25, -0.2) is 4.98 Å². The first kappa shape index (κ1) is 13.5. The number of hydrogen-bond acceptors (Lipinski definition) is 3. The molecular formula is C11H21ClN4. The molecule has 0 aromatic carbocycles. The Balaban J connectivity index is 2.96. The van der Waals surface area contributed by atoms with Crippen molar-refractivity contribution >= 4 is 11.6 Å². The van der Waals surface area contributed by atoms with Crippen LogP contribution in [0.15, 0.2) is 0 Å². The summed E-state index contributed by atoms with van der Waals surface area (Å²) >= 11 is 6.14. The Morgan fingerprint density at radius 1 is 1.44 bits per heavy atom. The van der Waals surface area contributed by atoms with Gasteiger partial charge in [-0.3, -0.25) is 4.90 Å². The molecule has 1 atom stereocenters. The lowest BCUT2D eigenvalue weighted by Gasteiger charge is -2.28. The fraction of sp³-hybridized carbons (Fsp3) is 0.727. The molecule has 1 heterocycles. The number of aromatic amines is 1. The van der Waals surface area contributed by atoms with E-state index < -0.39 is 0 Å². The number of hydrogen-bond donors (Lipinski definition) is 2. The van der Waals surface area contributed by atoms with Crippen molar-refractivity contribution in [1.29, 1.82) is 0 Å². The summed E-state index contributed by atoms with van der Waals surface area (Å²) < 4.78 is 0. The van der Waals surface area contributed by atoms with Crippen molar-refractivity contribution in [1.82, 2.24) is 20.2 Å². The molecule has 1 unspecified atom stereocenters. The Bertz CT molecular complexity index is 320. The Labute approximate surface area is 102 Å². The van der Waals surface area contributed by atoms with Crippen LogP contribution in [-0.4, -0.2) is 41.5 Å². The summed E-state index contributed by atoms with van der Waals surface area (Å²) in [5, 5.41) is 3.79. The first-order valence-corrected chi connectivity index (χ1v) is 6.12. The molecule has 0 spiro atoms. The van der Waals surface area contributed by atoms with Crippen molar-refractivity contribution in [2.24, 2.45) is 0 Å². The molecule has 0 fully saturated rings. The molecule has 1 aromatic rings. The van der Waals surface area contributed by atoms with Gasteiger partial charge < -0.3 is 10.3 Å². The van der Waals surface area contributed by atoms with Crippen molar-refractivity contribution in [3.05, 3.63) is 16.7 Å². The minimum atomic E-state index is 0.258. The van der Waals surface area contributed by atoms with E-state index in [2.05, 4.69) is 34.0 Å². The highest BCUT2D eigenvalue weighted by molar-refractivity contribution is 6.30. The van der Waals surface area contributed by atoms with E-state index in [1.54, 1.807) is 0 Å². The fourth-order valence-corrected chi connectivity index (χ4v) is 2.27. The number of rotatable bonds is 6. The quantitative estimate of drug-likeness (QED) is 0.804. The summed E-state index contributed by atoms with van der Waals surface area (Å²) in [6, 6.07) is 0.258. The van der Waals surface area contributed by atoms with Crippen molar-refractivity contribution in [3.63, 3.8) is 0 Å². The van der Waals surface area contributed by atoms with Gasteiger partial charge in [0.05, 0.1) is 11.7 Å². The van der Waals surface area contributed by atoms with E-state index in [0.717, 1.165) is 31.2 Å². The molecule has 0 saturated heterocycles. The van der Waals surface area contributed by atoms with Crippen LogP contribution in [0.25, 0.3) is 0 Å². The van der Waals surface area contributed by atoms with Crippen molar-refractivity contribution in [2.75, 3.05) is 26.7 Å². The molecule has 0 aliphatic heterocycles. The third kappa shape index (κ3) is 2.97. The highest BCUT2D eigenvalue weighted by atomic mass is 35.5. The molecular weight excluding hydrogens is 224 g/mol. The van der Waals surface area contributed by atoms with E-state index in [0.29, 0.717) is 5.15 Å². The second-order valence-corrected chi connectivity index (χ2v) is 4.18. The SMILES string of the molecule is CCN(CC)C(CNC)c1[nH]c(C)nc1Cl. The molecule has 0 saturated carbocycles. The van der Waals surface area contributed by atoms with Crippen LogP contribution in [0.4, 0.5) is 0 Å². The number of nitrogens with one attached hydrogen (secondary N) is 2. The van der Waals surface area contributed by atoms with E-state index in [1.807, 2.05) is 14.0 Å². The minimum absolute atomic E-state index is 0.258. The van der Waals surface area contributed by atoms with E-state index in [1.165, 1.54) is 0 Å². The standard InChI is InChI=1S/C11H21ClN4/c1-5-16(6-2)9(7-13-4)10-11(12)15-8(3)14-10/h9,13H,5-7H2,1-4H3,(H,14,15). The fourth-order valence-electron chi connectivity index (χ4n) is 1.97. The Morgan fingerprint density at radius 2 is 2.06 bits per heavy atom. The Hall–Kier alpha value is -0.580. The predicted molar refractivity (Wildman–Crippen MR) is 67.9 cm³/mol. The van der Waals surface area contributed by atoms with E-state index in [4.69, 9.17) is 11.6 Å². The third-order valence-corrected chi connectivity index (χ3v) is 3.08. The Morgan fingerprint density at radius 3 is 2.44 bits per heavy atom. The van der Waals surface area contributed by atoms with Crippen LogP contribution in [0.1, 0.15) is 31.4 Å². The smallest absolute Gasteiger partial charge is 0.152 e. The molecule has 0 aliphatic carbocycles. The van der Waals surface area contributed by atoms with Crippen LogP contribution >= 0.6 is 11.6 Å². The lowest BCUT2D eigenvalue weighted by molar-refractivity contribution is 0.212. The number of nitrogens with zero attached hydrogens (tertiary/aromatic N) is 2. The molecule has 92 valence electrons. The minimum Gasteiger partial charge on any atom is -0.343 e. The zero-order valence-corrected chi connectivity index (χ0v) is 11.2. The van der Waals surface area contributed by atoms with Crippen LogP contribution in [0, 0.1) is 6.92 Å². The van der Waals surface area contributed by atoms with Gasteiger partial charge in [-0.15, -0.1) is 0 Å². The average molecular weight is 245 g/mol. The first-order chi connectivity index (χ1) is 7.63. The number of H-pyrrole nitrogens is 1. The molecule has 5 heteroatoms. The van der Waals surface area contributed by atoms with E-state index in [9.17, 15) is 0 Å². The molecule has 0 bridgehead atoms. The zero-order chi connectivity index (χ0) is 12.1. The summed E-state index contributed by atoms with van der Waals surface area (Å²) in [5.41, 5.74) is 1.01. The summed E-state index contributed by atoms with van der Waals surface area (Å²) in [7, 11) is 1.95. The second-order valence-electron chi connectivity index (χ2n) is 3.82. The van der Waals surface area contributed by atoms with Crippen molar-refractivity contribution in [3.8, 4) is 0 Å². The summed E-state index contributed by atoms with van der Waals surface area (Å²) in [4.78, 5) is 9.83. The number of halogens is 1. The molecule has 0 amide bonds. The molecule has 1 aromatic heterocycles. The van der Waals surface area contributed by atoms with E-state index >= 15 is 0 Å². The van der Waals surface area contributed by atoms with Gasteiger partial charge in [0, 0.05) is 6.54 Å². The van der Waals surface area contributed by atoms with Gasteiger partial charge in [0.2, 0.25) is 0 Å². The maximum atomic E-state index is 6.14. The van der Waals surface area contributed by atoms with Gasteiger partial charge in [0.1, 0.15) is 5.82 Å². The number of aromatic nitrogens is 2. The van der Waals surface area contributed by atoms with Crippen LogP contribution in [0.2, 0.25) is 5.15 Å². The maximum absolute atomic E-state index is 6.14. The van der Waals surface area contributed by atoms with Gasteiger partial charge in [-0.05, 0) is 27.1 Å². The number of likely N-dealkylation sites (N-methyl/N-ethyl adjacent to an activating group) is 2. The third-order valence-electron chi connectivity index (χ3n) is 2.79. The van der Waals surface area contributed by atoms with Crippen molar-refractivity contribution < 1.29 is 0 Å². The molecule has 16 heavy (non-hydrogen) atoms. The van der Waals surface area contributed by atoms with Gasteiger partial charge in [0.25, 0.3) is 0 Å². The summed E-state index contributed by atoms with van der Waals surface area (Å²) in [6.45, 7) is 9.10. The molecule has 0 aliphatic rings. The Kier molecular flexibility index (Phi) is 5.25. The molecule has 4 nitrogen and oxygen atoms in total. The second kappa shape index (κ2) is 6.23.